The second kappa shape index (κ2) is 6.99. The number of hydrogen-bond donors (Lipinski definition) is 1. The van der Waals surface area contributed by atoms with Crippen molar-refractivity contribution in [3.8, 4) is 11.6 Å². The number of imidazole rings is 1. The summed E-state index contributed by atoms with van der Waals surface area (Å²) in [4.78, 5) is 16.5. The molecule has 1 aromatic carbocycles. The predicted octanol–water partition coefficient (Wildman–Crippen LogP) is 2.07. The number of nitrogens with zero attached hydrogens (tertiary/aromatic N) is 3. The van der Waals surface area contributed by atoms with Crippen LogP contribution in [-0.2, 0) is 6.54 Å². The molecule has 0 saturated carbocycles. The zero-order valence-electron chi connectivity index (χ0n) is 13.5. The molecule has 0 radical (unpaired) electrons. The van der Waals surface area contributed by atoms with Crippen molar-refractivity contribution >= 4 is 11.6 Å². The van der Waals surface area contributed by atoms with E-state index < -0.39 is 0 Å². The number of rotatable bonds is 6. The van der Waals surface area contributed by atoms with Crippen LogP contribution in [0.15, 0.2) is 42.6 Å². The van der Waals surface area contributed by atoms with Crippen LogP contribution in [0.1, 0.15) is 23.0 Å². The summed E-state index contributed by atoms with van der Waals surface area (Å²) in [6, 6.07) is 11.0. The largest absolute Gasteiger partial charge is 0.497 e. The normalized spacial score (nSPS) is 10.6. The first kappa shape index (κ1) is 15.8. The van der Waals surface area contributed by atoms with Gasteiger partial charge in [0.15, 0.2) is 5.65 Å². The van der Waals surface area contributed by atoms with E-state index in [1.54, 1.807) is 25.4 Å². The highest BCUT2D eigenvalue weighted by Gasteiger charge is 2.11. The fourth-order valence-electron chi connectivity index (χ4n) is 2.22. The van der Waals surface area contributed by atoms with Gasteiger partial charge in [-0.3, -0.25) is 4.79 Å². The Balaban J connectivity index is 1.68. The van der Waals surface area contributed by atoms with E-state index in [9.17, 15) is 4.79 Å². The molecule has 0 spiro atoms. The van der Waals surface area contributed by atoms with Gasteiger partial charge in [0.25, 0.3) is 5.91 Å². The van der Waals surface area contributed by atoms with Crippen molar-refractivity contribution in [1.29, 1.82) is 0 Å². The molecular formula is C17H18N4O3. The Kier molecular flexibility index (Phi) is 4.60. The minimum atomic E-state index is -0.255. The average molecular weight is 326 g/mol. The molecule has 1 amide bonds. The van der Waals surface area contributed by atoms with Crippen molar-refractivity contribution in [3.05, 3.63) is 53.9 Å². The maximum atomic E-state index is 12.3. The molecule has 0 saturated heterocycles. The van der Waals surface area contributed by atoms with Gasteiger partial charge < -0.3 is 14.8 Å². The van der Waals surface area contributed by atoms with Gasteiger partial charge in [0.05, 0.1) is 19.9 Å². The summed E-state index contributed by atoms with van der Waals surface area (Å²) < 4.78 is 12.0. The molecule has 3 aromatic rings. The molecular weight excluding hydrogens is 308 g/mol. The monoisotopic (exact) mass is 326 g/mol. The van der Waals surface area contributed by atoms with Crippen LogP contribution >= 0.6 is 0 Å². The first-order valence-electron chi connectivity index (χ1n) is 7.60. The van der Waals surface area contributed by atoms with Gasteiger partial charge in [-0.2, -0.15) is 0 Å². The minimum absolute atomic E-state index is 0.255. The van der Waals surface area contributed by atoms with Gasteiger partial charge in [-0.15, -0.1) is 5.10 Å². The summed E-state index contributed by atoms with van der Waals surface area (Å²) in [5.74, 6) is 1.02. The zero-order valence-corrected chi connectivity index (χ0v) is 13.5. The second-order valence-electron chi connectivity index (χ2n) is 5.06. The molecule has 124 valence electrons. The summed E-state index contributed by atoms with van der Waals surface area (Å²) in [7, 11) is 1.62. The van der Waals surface area contributed by atoms with Crippen LogP contribution in [0.3, 0.4) is 0 Å². The number of amides is 1. The maximum Gasteiger partial charge on any atom is 0.271 e. The molecule has 7 heteroatoms. The Morgan fingerprint density at radius 3 is 2.71 bits per heavy atom. The lowest BCUT2D eigenvalue weighted by Gasteiger charge is -2.04. The van der Waals surface area contributed by atoms with Gasteiger partial charge in [-0.25, -0.2) is 9.50 Å². The van der Waals surface area contributed by atoms with E-state index in [4.69, 9.17) is 9.47 Å². The molecule has 0 atom stereocenters. The molecule has 0 unspecified atom stereocenters. The summed E-state index contributed by atoms with van der Waals surface area (Å²) in [6.07, 6.45) is 1.58. The van der Waals surface area contributed by atoms with Gasteiger partial charge >= 0.3 is 0 Å². The van der Waals surface area contributed by atoms with Crippen LogP contribution in [0.25, 0.3) is 5.65 Å². The van der Waals surface area contributed by atoms with Crippen molar-refractivity contribution in [2.24, 2.45) is 0 Å². The fourth-order valence-corrected chi connectivity index (χ4v) is 2.22. The zero-order chi connectivity index (χ0) is 16.9. The summed E-state index contributed by atoms with van der Waals surface area (Å²) in [5, 5.41) is 7.08. The lowest BCUT2D eigenvalue weighted by atomic mass is 10.2. The average Bonchev–Trinajstić information content (AvgIpc) is 3.04. The molecule has 3 rings (SSSR count). The number of nitrogens with one attached hydrogen (secondary N) is 1. The smallest absolute Gasteiger partial charge is 0.271 e. The molecule has 24 heavy (non-hydrogen) atoms. The summed E-state index contributed by atoms with van der Waals surface area (Å²) in [6.45, 7) is 2.83. The Morgan fingerprint density at radius 2 is 2.00 bits per heavy atom. The summed E-state index contributed by atoms with van der Waals surface area (Å²) >= 11 is 0. The van der Waals surface area contributed by atoms with Gasteiger partial charge in [-0.05, 0) is 30.7 Å². The van der Waals surface area contributed by atoms with Crippen LogP contribution in [0, 0.1) is 0 Å². The Hall–Kier alpha value is -3.09. The highest BCUT2D eigenvalue weighted by molar-refractivity contribution is 5.92. The number of fused-ring (bicyclic) bond motifs is 1. The van der Waals surface area contributed by atoms with E-state index >= 15 is 0 Å². The van der Waals surface area contributed by atoms with Gasteiger partial charge in [-0.1, -0.05) is 12.1 Å². The molecule has 0 aliphatic rings. The van der Waals surface area contributed by atoms with E-state index in [1.807, 2.05) is 31.2 Å². The third-order valence-electron chi connectivity index (χ3n) is 3.43. The van der Waals surface area contributed by atoms with Crippen molar-refractivity contribution in [2.45, 2.75) is 13.5 Å². The van der Waals surface area contributed by atoms with E-state index in [0.29, 0.717) is 30.4 Å². The lowest BCUT2D eigenvalue weighted by molar-refractivity contribution is 0.0946. The Bertz CT molecular complexity index is 843. The van der Waals surface area contributed by atoms with E-state index in [-0.39, 0.29) is 5.91 Å². The molecule has 0 bridgehead atoms. The van der Waals surface area contributed by atoms with Gasteiger partial charge in [0.2, 0.25) is 5.88 Å². The topological polar surface area (TPSA) is 77.8 Å². The van der Waals surface area contributed by atoms with Crippen LogP contribution < -0.4 is 14.8 Å². The molecule has 1 N–H and O–H groups in total. The quantitative estimate of drug-likeness (QED) is 0.750. The minimum Gasteiger partial charge on any atom is -0.497 e. The Labute approximate surface area is 139 Å². The SMILES string of the molecule is CCOc1ccc2nc(C(=O)NCc3ccc(OC)cc3)cn2n1. The van der Waals surface area contributed by atoms with E-state index in [2.05, 4.69) is 15.4 Å². The molecule has 0 aliphatic carbocycles. The number of carbonyl (C=O) groups excluding carboxylic acids is 1. The van der Waals surface area contributed by atoms with Crippen molar-refractivity contribution in [2.75, 3.05) is 13.7 Å². The maximum absolute atomic E-state index is 12.3. The molecule has 0 aliphatic heterocycles. The summed E-state index contributed by atoms with van der Waals surface area (Å²) in [5.41, 5.74) is 1.88. The number of hydrogen-bond acceptors (Lipinski definition) is 5. The third-order valence-corrected chi connectivity index (χ3v) is 3.43. The van der Waals surface area contributed by atoms with Crippen LogP contribution in [0.5, 0.6) is 11.6 Å². The molecule has 7 nitrogen and oxygen atoms in total. The number of aromatic nitrogens is 3. The highest BCUT2D eigenvalue weighted by Crippen LogP contribution is 2.12. The lowest BCUT2D eigenvalue weighted by Crippen LogP contribution is -2.23. The number of carbonyl (C=O) groups is 1. The van der Waals surface area contributed by atoms with Crippen LogP contribution in [0.2, 0.25) is 0 Å². The standard InChI is InChI=1S/C17H18N4O3/c1-3-24-16-9-8-15-19-14(11-21(15)20-16)17(22)18-10-12-4-6-13(23-2)7-5-12/h4-9,11H,3,10H2,1-2H3,(H,18,22). The van der Waals surface area contributed by atoms with Crippen molar-refractivity contribution in [1.82, 2.24) is 19.9 Å². The van der Waals surface area contributed by atoms with Crippen molar-refractivity contribution in [3.63, 3.8) is 0 Å². The van der Waals surface area contributed by atoms with E-state index in [0.717, 1.165) is 11.3 Å². The first-order chi connectivity index (χ1) is 11.7. The van der Waals surface area contributed by atoms with E-state index in [1.165, 1.54) is 4.52 Å². The first-order valence-corrected chi connectivity index (χ1v) is 7.60. The number of benzene rings is 1. The third kappa shape index (κ3) is 3.45. The van der Waals surface area contributed by atoms with Gasteiger partial charge in [0.1, 0.15) is 11.4 Å². The number of methoxy groups -OCH3 is 1. The predicted molar refractivity (Wildman–Crippen MR) is 88.3 cm³/mol. The van der Waals surface area contributed by atoms with Crippen molar-refractivity contribution < 1.29 is 14.3 Å². The number of ether oxygens (including phenoxy) is 2. The van der Waals surface area contributed by atoms with Gasteiger partial charge in [0, 0.05) is 12.6 Å². The highest BCUT2D eigenvalue weighted by atomic mass is 16.5. The van der Waals surface area contributed by atoms with Crippen LogP contribution in [-0.4, -0.2) is 34.2 Å². The molecule has 2 aromatic heterocycles. The van der Waals surface area contributed by atoms with Crippen LogP contribution in [0.4, 0.5) is 0 Å². The molecule has 0 fully saturated rings. The second-order valence-corrected chi connectivity index (χ2v) is 5.06. The Morgan fingerprint density at radius 1 is 1.21 bits per heavy atom. The fraction of sp³-hybridized carbons (Fsp3) is 0.235. The molecule has 2 heterocycles.